The summed E-state index contributed by atoms with van der Waals surface area (Å²) in [4.78, 5) is 16.1. The minimum Gasteiger partial charge on any atom is -0.341 e. The van der Waals surface area contributed by atoms with Gasteiger partial charge in [-0.15, -0.1) is 24.2 Å². The minimum absolute atomic E-state index is 0. The van der Waals surface area contributed by atoms with E-state index in [-0.39, 0.29) is 17.7 Å². The quantitative estimate of drug-likeness (QED) is 0.862. The number of nitrogens with zero attached hydrogens (tertiary/aromatic N) is 1. The first-order valence-corrected chi connectivity index (χ1v) is 8.39. The lowest BCUT2D eigenvalue weighted by atomic mass is 9.98. The third-order valence-electron chi connectivity index (χ3n) is 5.15. The summed E-state index contributed by atoms with van der Waals surface area (Å²) in [7, 11) is 0. The fraction of sp³-hybridized carbons (Fsp3) is 0.562. The lowest BCUT2D eigenvalue weighted by molar-refractivity contribution is -0.129. The Morgan fingerprint density at radius 1 is 1.24 bits per heavy atom. The van der Waals surface area contributed by atoms with Gasteiger partial charge < -0.3 is 10.6 Å². The van der Waals surface area contributed by atoms with Gasteiger partial charge in [0.1, 0.15) is 0 Å². The number of thioether (sulfide) groups is 1. The van der Waals surface area contributed by atoms with Gasteiger partial charge in [-0.2, -0.15) is 0 Å². The van der Waals surface area contributed by atoms with Crippen LogP contribution in [0.4, 0.5) is 0 Å². The largest absolute Gasteiger partial charge is 0.341 e. The highest BCUT2D eigenvalue weighted by atomic mass is 35.5. The molecule has 1 aromatic carbocycles. The van der Waals surface area contributed by atoms with Gasteiger partial charge in [0.05, 0.1) is 5.25 Å². The van der Waals surface area contributed by atoms with E-state index in [1.54, 1.807) is 11.8 Å². The molecule has 1 aliphatic carbocycles. The number of benzene rings is 1. The van der Waals surface area contributed by atoms with Crippen molar-refractivity contribution in [3.63, 3.8) is 0 Å². The van der Waals surface area contributed by atoms with Crippen LogP contribution in [0.5, 0.6) is 0 Å². The van der Waals surface area contributed by atoms with Gasteiger partial charge in [0.2, 0.25) is 5.91 Å². The molecule has 2 fully saturated rings. The van der Waals surface area contributed by atoms with Crippen LogP contribution in [0.15, 0.2) is 29.2 Å². The molecule has 0 radical (unpaired) electrons. The van der Waals surface area contributed by atoms with Gasteiger partial charge in [0.25, 0.3) is 0 Å². The molecular formula is C16H21ClN2OS. The van der Waals surface area contributed by atoms with Crippen LogP contribution in [0.2, 0.25) is 0 Å². The monoisotopic (exact) mass is 324 g/mol. The Hall–Kier alpha value is -0.710. The lowest BCUT2D eigenvalue weighted by Gasteiger charge is -2.21. The van der Waals surface area contributed by atoms with E-state index in [0.717, 1.165) is 25.9 Å². The molecule has 1 saturated carbocycles. The highest BCUT2D eigenvalue weighted by molar-refractivity contribution is 8.01. The van der Waals surface area contributed by atoms with Gasteiger partial charge in [-0.3, -0.25) is 4.79 Å². The van der Waals surface area contributed by atoms with Crippen LogP contribution >= 0.6 is 24.2 Å². The van der Waals surface area contributed by atoms with Crippen molar-refractivity contribution < 1.29 is 4.79 Å². The van der Waals surface area contributed by atoms with E-state index in [1.807, 2.05) is 0 Å². The number of rotatable bonds is 1. The summed E-state index contributed by atoms with van der Waals surface area (Å²) in [5, 5.41) is 0.0856. The first-order valence-electron chi connectivity index (χ1n) is 7.51. The third-order valence-corrected chi connectivity index (χ3v) is 6.45. The summed E-state index contributed by atoms with van der Waals surface area (Å²) < 4.78 is 0. The van der Waals surface area contributed by atoms with E-state index in [1.165, 1.54) is 16.9 Å². The Bertz CT molecular complexity index is 528. The second-order valence-electron chi connectivity index (χ2n) is 6.33. The number of likely N-dealkylation sites (tertiary alicyclic amines) is 1. The van der Waals surface area contributed by atoms with E-state index in [2.05, 4.69) is 29.2 Å². The van der Waals surface area contributed by atoms with Gasteiger partial charge in [-0.1, -0.05) is 18.2 Å². The number of halogens is 1. The van der Waals surface area contributed by atoms with Gasteiger partial charge in [-0.05, 0) is 42.7 Å². The predicted molar refractivity (Wildman–Crippen MR) is 87.8 cm³/mol. The number of carbonyl (C=O) groups excluding carboxylic acids is 1. The van der Waals surface area contributed by atoms with Gasteiger partial charge >= 0.3 is 0 Å². The number of hydrogen-bond acceptors (Lipinski definition) is 3. The first-order chi connectivity index (χ1) is 9.72. The average Bonchev–Trinajstić information content (AvgIpc) is 3.13. The van der Waals surface area contributed by atoms with Crippen molar-refractivity contribution in [2.75, 3.05) is 13.1 Å². The van der Waals surface area contributed by atoms with Crippen LogP contribution in [-0.4, -0.2) is 35.2 Å². The van der Waals surface area contributed by atoms with Crippen molar-refractivity contribution in [1.82, 2.24) is 4.90 Å². The van der Waals surface area contributed by atoms with Gasteiger partial charge in [0.15, 0.2) is 0 Å². The molecule has 4 unspecified atom stereocenters. The Morgan fingerprint density at radius 2 is 2.05 bits per heavy atom. The van der Waals surface area contributed by atoms with E-state index >= 15 is 0 Å². The second-order valence-corrected chi connectivity index (χ2v) is 7.57. The topological polar surface area (TPSA) is 46.3 Å². The summed E-state index contributed by atoms with van der Waals surface area (Å²) in [5.74, 6) is 1.53. The van der Waals surface area contributed by atoms with Crippen LogP contribution in [0.3, 0.4) is 0 Å². The molecule has 0 bridgehead atoms. The first kappa shape index (κ1) is 15.2. The molecule has 3 nitrogen and oxygen atoms in total. The van der Waals surface area contributed by atoms with Gasteiger partial charge in [-0.25, -0.2) is 0 Å². The normalized spacial score (nSPS) is 33.5. The van der Waals surface area contributed by atoms with Crippen LogP contribution in [0, 0.1) is 11.8 Å². The summed E-state index contributed by atoms with van der Waals surface area (Å²) in [6, 6.07) is 8.70. The molecule has 1 aromatic rings. The highest BCUT2D eigenvalue weighted by Crippen LogP contribution is 2.41. The van der Waals surface area contributed by atoms with Crippen LogP contribution in [-0.2, 0) is 11.2 Å². The molecule has 4 rings (SSSR count). The number of fused-ring (bicyclic) bond motifs is 2. The molecule has 2 heterocycles. The van der Waals surface area contributed by atoms with Crippen molar-refractivity contribution in [2.45, 2.75) is 35.4 Å². The molecule has 1 saturated heterocycles. The molecule has 0 aromatic heterocycles. The Balaban J connectivity index is 0.00000132. The van der Waals surface area contributed by atoms with Crippen molar-refractivity contribution in [3.05, 3.63) is 29.8 Å². The summed E-state index contributed by atoms with van der Waals surface area (Å²) in [6.45, 7) is 1.82. The molecule has 21 heavy (non-hydrogen) atoms. The van der Waals surface area contributed by atoms with Crippen molar-refractivity contribution in [2.24, 2.45) is 17.6 Å². The molecule has 5 heteroatoms. The van der Waals surface area contributed by atoms with Crippen LogP contribution in [0.1, 0.15) is 18.4 Å². The molecule has 114 valence electrons. The Morgan fingerprint density at radius 3 is 2.81 bits per heavy atom. The number of nitrogens with two attached hydrogens (primary N) is 1. The number of hydrogen-bond donors (Lipinski definition) is 1. The average molecular weight is 325 g/mol. The fourth-order valence-corrected chi connectivity index (χ4v) is 5.29. The standard InChI is InChI=1S/C16H20N2OS.ClH/c17-13-6-5-11-8-18(9-12(11)13)16(19)15-7-10-3-1-2-4-14(10)20-15;/h1-4,11-13,15H,5-9,17H2;1H. The molecule has 2 aliphatic heterocycles. The van der Waals surface area contributed by atoms with E-state index in [4.69, 9.17) is 5.73 Å². The maximum atomic E-state index is 12.7. The third kappa shape index (κ3) is 2.58. The molecule has 0 spiro atoms. The molecule has 1 amide bonds. The predicted octanol–water partition coefficient (Wildman–Crippen LogP) is 2.32. The van der Waals surface area contributed by atoms with Gasteiger partial charge in [0, 0.05) is 24.0 Å². The number of amides is 1. The van der Waals surface area contributed by atoms with Crippen LogP contribution in [0.25, 0.3) is 0 Å². The zero-order chi connectivity index (χ0) is 13.7. The molecule has 4 atom stereocenters. The molecule has 2 N–H and O–H groups in total. The second kappa shape index (κ2) is 5.82. The zero-order valence-electron chi connectivity index (χ0n) is 11.9. The smallest absolute Gasteiger partial charge is 0.236 e. The van der Waals surface area contributed by atoms with E-state index in [9.17, 15) is 4.79 Å². The van der Waals surface area contributed by atoms with Crippen molar-refractivity contribution in [3.8, 4) is 0 Å². The molecular weight excluding hydrogens is 304 g/mol. The zero-order valence-corrected chi connectivity index (χ0v) is 13.5. The summed E-state index contributed by atoms with van der Waals surface area (Å²) in [5.41, 5.74) is 7.49. The van der Waals surface area contributed by atoms with Crippen LogP contribution < -0.4 is 5.73 Å². The van der Waals surface area contributed by atoms with E-state index in [0.29, 0.717) is 23.8 Å². The Labute approximate surface area is 136 Å². The maximum absolute atomic E-state index is 12.7. The highest BCUT2D eigenvalue weighted by Gasteiger charge is 2.44. The fourth-order valence-electron chi connectivity index (χ4n) is 4.01. The summed E-state index contributed by atoms with van der Waals surface area (Å²) in [6.07, 6.45) is 3.23. The Kier molecular flexibility index (Phi) is 4.21. The van der Waals surface area contributed by atoms with Crippen molar-refractivity contribution in [1.29, 1.82) is 0 Å². The lowest BCUT2D eigenvalue weighted by Crippen LogP contribution is -2.38. The SMILES string of the molecule is Cl.NC1CCC2CN(C(=O)C3Cc4ccccc4S3)CC12. The summed E-state index contributed by atoms with van der Waals surface area (Å²) >= 11 is 1.74. The number of carbonyl (C=O) groups is 1. The van der Waals surface area contributed by atoms with E-state index < -0.39 is 0 Å². The molecule has 3 aliphatic rings. The minimum atomic E-state index is 0. The van der Waals surface area contributed by atoms with Crippen molar-refractivity contribution >= 4 is 30.1 Å². The maximum Gasteiger partial charge on any atom is 0.236 e.